The largest absolute Gasteiger partial charge is 0.393 e. The molecule has 186 valence electrons. The molecular formula is C28H37BrO5. The number of hydrogen-bond acceptors (Lipinski definition) is 5. The van der Waals surface area contributed by atoms with Crippen LogP contribution in [0.3, 0.4) is 0 Å². The normalized spacial score (nSPS) is 50.2. The summed E-state index contributed by atoms with van der Waals surface area (Å²) in [5, 5.41) is 12.0. The molecule has 1 N–H and O–H groups in total. The second-order valence-corrected chi connectivity index (χ2v) is 12.8. The van der Waals surface area contributed by atoms with Crippen LogP contribution in [-0.4, -0.2) is 46.1 Å². The Kier molecular flexibility index (Phi) is 5.61. The van der Waals surface area contributed by atoms with Crippen molar-refractivity contribution in [1.82, 2.24) is 0 Å². The van der Waals surface area contributed by atoms with Gasteiger partial charge in [-0.25, -0.2) is 0 Å². The Hall–Kier alpha value is -0.820. The molecule has 0 bridgehead atoms. The van der Waals surface area contributed by atoms with Gasteiger partial charge in [-0.1, -0.05) is 60.7 Å². The molecule has 4 saturated carbocycles. The van der Waals surface area contributed by atoms with Crippen molar-refractivity contribution in [3.05, 3.63) is 23.8 Å². The number of ether oxygens (including phenoxy) is 2. The first kappa shape index (κ1) is 23.6. The standard InChI is InChI=1S/C28H37BrO5/c1-26-11-10-18(30)12-17(26)8-9-19-20-13-23-28(22(32)15-29,27(20,2)14-21(31)24(19)26)34-25(33-23)16-6-4-3-5-7-16/h10-12,16,19-21,23-25,31H,3-9,13-15H2,1-2H3. The van der Waals surface area contributed by atoms with E-state index in [1.165, 1.54) is 19.3 Å². The Morgan fingerprint density at radius 2 is 1.97 bits per heavy atom. The van der Waals surface area contributed by atoms with Crippen LogP contribution in [0.4, 0.5) is 0 Å². The van der Waals surface area contributed by atoms with E-state index in [4.69, 9.17) is 9.47 Å². The average Bonchev–Trinajstić information content (AvgIpc) is 3.32. The smallest absolute Gasteiger partial charge is 0.178 e. The summed E-state index contributed by atoms with van der Waals surface area (Å²) in [6.45, 7) is 4.38. The lowest BCUT2D eigenvalue weighted by Gasteiger charge is -2.59. The molecule has 0 aromatic rings. The zero-order valence-electron chi connectivity index (χ0n) is 20.3. The summed E-state index contributed by atoms with van der Waals surface area (Å²) in [7, 11) is 0. The fourth-order valence-corrected chi connectivity index (χ4v) is 9.73. The van der Waals surface area contributed by atoms with Gasteiger partial charge < -0.3 is 14.6 Å². The molecule has 5 nitrogen and oxygen atoms in total. The molecule has 5 fully saturated rings. The van der Waals surface area contributed by atoms with E-state index in [0.29, 0.717) is 12.3 Å². The number of aliphatic hydroxyl groups is 1. The summed E-state index contributed by atoms with van der Waals surface area (Å²) in [6.07, 6.45) is 13.4. The Morgan fingerprint density at radius 3 is 2.71 bits per heavy atom. The Labute approximate surface area is 210 Å². The molecule has 1 heterocycles. The van der Waals surface area contributed by atoms with E-state index in [1.807, 2.05) is 6.08 Å². The molecule has 1 saturated heterocycles. The summed E-state index contributed by atoms with van der Waals surface area (Å²) in [4.78, 5) is 25.8. The monoisotopic (exact) mass is 532 g/mol. The highest BCUT2D eigenvalue weighted by atomic mass is 79.9. The van der Waals surface area contributed by atoms with Crippen molar-refractivity contribution < 1.29 is 24.2 Å². The summed E-state index contributed by atoms with van der Waals surface area (Å²) in [6, 6.07) is 0. The molecule has 9 unspecified atom stereocenters. The second-order valence-electron chi connectivity index (χ2n) is 12.2. The number of allylic oxidation sites excluding steroid dienone is 4. The van der Waals surface area contributed by atoms with Crippen molar-refractivity contribution in [1.29, 1.82) is 0 Å². The van der Waals surface area contributed by atoms with Gasteiger partial charge in [-0.2, -0.15) is 0 Å². The number of hydrogen-bond donors (Lipinski definition) is 1. The highest BCUT2D eigenvalue weighted by molar-refractivity contribution is 9.09. The summed E-state index contributed by atoms with van der Waals surface area (Å²) in [5.74, 6) is 1.02. The van der Waals surface area contributed by atoms with Crippen LogP contribution in [-0.2, 0) is 19.1 Å². The number of rotatable bonds is 3. The van der Waals surface area contributed by atoms with Crippen LogP contribution >= 0.6 is 15.9 Å². The fraction of sp³-hybridized carbons (Fsp3) is 0.786. The predicted octanol–water partition coefficient (Wildman–Crippen LogP) is 4.90. The van der Waals surface area contributed by atoms with Gasteiger partial charge in [0.25, 0.3) is 0 Å². The maximum Gasteiger partial charge on any atom is 0.178 e. The minimum absolute atomic E-state index is 0.0408. The molecule has 6 heteroatoms. The van der Waals surface area contributed by atoms with Crippen molar-refractivity contribution in [2.75, 3.05) is 5.33 Å². The van der Waals surface area contributed by atoms with Gasteiger partial charge in [0.05, 0.1) is 17.5 Å². The molecule has 0 amide bonds. The minimum Gasteiger partial charge on any atom is -0.393 e. The zero-order chi connectivity index (χ0) is 23.9. The van der Waals surface area contributed by atoms with Gasteiger partial charge in [0, 0.05) is 22.7 Å². The molecule has 0 spiro atoms. The molecule has 6 rings (SSSR count). The quantitative estimate of drug-likeness (QED) is 0.523. The lowest BCUT2D eigenvalue weighted by molar-refractivity contribution is -0.207. The van der Waals surface area contributed by atoms with Crippen molar-refractivity contribution >= 4 is 27.5 Å². The maximum atomic E-state index is 13.7. The van der Waals surface area contributed by atoms with Gasteiger partial charge in [-0.3, -0.25) is 9.59 Å². The molecule has 0 radical (unpaired) electrons. The number of alkyl halides is 1. The van der Waals surface area contributed by atoms with E-state index >= 15 is 0 Å². The van der Waals surface area contributed by atoms with E-state index in [1.54, 1.807) is 12.2 Å². The van der Waals surface area contributed by atoms with Crippen LogP contribution in [0.25, 0.3) is 0 Å². The first-order valence-corrected chi connectivity index (χ1v) is 14.4. The van der Waals surface area contributed by atoms with Crippen molar-refractivity contribution in [2.24, 2.45) is 34.5 Å². The van der Waals surface area contributed by atoms with Crippen LogP contribution < -0.4 is 0 Å². The number of carbonyl (C=O) groups is 2. The van der Waals surface area contributed by atoms with E-state index in [-0.39, 0.29) is 52.5 Å². The number of carbonyl (C=O) groups excluding carboxylic acids is 2. The van der Waals surface area contributed by atoms with Crippen LogP contribution in [0.2, 0.25) is 0 Å². The third-order valence-corrected chi connectivity index (χ3v) is 11.3. The third-order valence-electron chi connectivity index (χ3n) is 10.8. The van der Waals surface area contributed by atoms with Gasteiger partial charge in [-0.05, 0) is 62.5 Å². The van der Waals surface area contributed by atoms with Crippen LogP contribution in [0.1, 0.15) is 71.6 Å². The van der Waals surface area contributed by atoms with Gasteiger partial charge in [-0.15, -0.1) is 0 Å². The molecule has 0 aromatic carbocycles. The Balaban J connectivity index is 1.37. The summed E-state index contributed by atoms with van der Waals surface area (Å²) < 4.78 is 13.5. The third kappa shape index (κ3) is 3.01. The first-order chi connectivity index (χ1) is 16.2. The Morgan fingerprint density at radius 1 is 1.21 bits per heavy atom. The number of halogens is 1. The first-order valence-electron chi connectivity index (χ1n) is 13.3. The van der Waals surface area contributed by atoms with E-state index in [9.17, 15) is 14.7 Å². The van der Waals surface area contributed by atoms with Crippen LogP contribution in [0.5, 0.6) is 0 Å². The highest BCUT2D eigenvalue weighted by Crippen LogP contribution is 2.70. The summed E-state index contributed by atoms with van der Waals surface area (Å²) >= 11 is 3.46. The van der Waals surface area contributed by atoms with Crippen LogP contribution in [0, 0.1) is 34.5 Å². The maximum absolute atomic E-state index is 13.7. The number of aliphatic hydroxyl groups excluding tert-OH is 1. The lowest BCUT2D eigenvalue weighted by atomic mass is 9.46. The van der Waals surface area contributed by atoms with Gasteiger partial charge >= 0.3 is 0 Å². The molecule has 9 atom stereocenters. The van der Waals surface area contributed by atoms with E-state index in [0.717, 1.165) is 37.7 Å². The van der Waals surface area contributed by atoms with E-state index < -0.39 is 17.1 Å². The van der Waals surface area contributed by atoms with Gasteiger partial charge in [0.15, 0.2) is 23.5 Å². The Bertz CT molecular complexity index is 952. The molecular weight excluding hydrogens is 496 g/mol. The SMILES string of the molecule is CC12C=CC(=O)C=C1CCC1C2C(O)CC2(C)C1CC1OC(C3CCCCC3)OC12C(=O)CBr. The molecule has 5 aliphatic carbocycles. The van der Waals surface area contributed by atoms with Crippen LogP contribution in [0.15, 0.2) is 23.8 Å². The predicted molar refractivity (Wildman–Crippen MR) is 131 cm³/mol. The molecule has 34 heavy (non-hydrogen) atoms. The molecule has 6 aliphatic rings. The lowest BCUT2D eigenvalue weighted by Crippen LogP contribution is -2.63. The topological polar surface area (TPSA) is 72.8 Å². The molecule has 1 aliphatic heterocycles. The second kappa shape index (κ2) is 8.09. The average molecular weight is 534 g/mol. The number of fused-ring (bicyclic) bond motifs is 7. The van der Waals surface area contributed by atoms with E-state index in [2.05, 4.69) is 29.8 Å². The van der Waals surface area contributed by atoms with Crippen molar-refractivity contribution in [3.63, 3.8) is 0 Å². The zero-order valence-corrected chi connectivity index (χ0v) is 21.9. The van der Waals surface area contributed by atoms with Crippen molar-refractivity contribution in [3.8, 4) is 0 Å². The van der Waals surface area contributed by atoms with Gasteiger partial charge in [0.1, 0.15) is 0 Å². The minimum atomic E-state index is -0.995. The number of Topliss-reactive ketones (excluding diaryl/α,β-unsaturated/α-hetero) is 1. The highest BCUT2D eigenvalue weighted by Gasteiger charge is 2.75. The van der Waals surface area contributed by atoms with Crippen molar-refractivity contribution in [2.45, 2.75) is 95.7 Å². The summed E-state index contributed by atoms with van der Waals surface area (Å²) in [5.41, 5.74) is -0.630. The number of ketones is 2. The molecule has 0 aromatic heterocycles. The fourth-order valence-electron chi connectivity index (χ4n) is 9.31. The van der Waals surface area contributed by atoms with Gasteiger partial charge in [0.2, 0.25) is 0 Å².